The molecule has 0 radical (unpaired) electrons. The summed E-state index contributed by atoms with van der Waals surface area (Å²) < 4.78 is 0. The van der Waals surface area contributed by atoms with Crippen LogP contribution in [0.2, 0.25) is 5.02 Å². The van der Waals surface area contributed by atoms with E-state index in [9.17, 15) is 9.90 Å². The maximum atomic E-state index is 12.1. The van der Waals surface area contributed by atoms with Gasteiger partial charge in [-0.25, -0.2) is 4.99 Å². The molecule has 0 atom stereocenters. The van der Waals surface area contributed by atoms with Gasteiger partial charge in [0.15, 0.2) is 5.13 Å². The van der Waals surface area contributed by atoms with Crippen LogP contribution in [0.4, 0.5) is 5.13 Å². The molecular formula is C12H8ClN3O2S. The summed E-state index contributed by atoms with van der Waals surface area (Å²) >= 11 is 7.18. The van der Waals surface area contributed by atoms with Crippen LogP contribution in [0, 0.1) is 6.92 Å². The Bertz CT molecular complexity index is 841. The Hall–Kier alpha value is -1.92. The normalized spacial score (nSPS) is 13.6. The molecular weight excluding hydrogens is 286 g/mol. The van der Waals surface area contributed by atoms with Crippen molar-refractivity contribution in [2.24, 2.45) is 4.99 Å². The van der Waals surface area contributed by atoms with Crippen molar-refractivity contribution in [3.63, 3.8) is 0 Å². The number of carbonyl (C=O) groups is 1. The highest BCUT2D eigenvalue weighted by Crippen LogP contribution is 2.32. The smallest absolute Gasteiger partial charge is 0.279 e. The van der Waals surface area contributed by atoms with E-state index in [1.165, 1.54) is 0 Å². The van der Waals surface area contributed by atoms with Crippen LogP contribution in [0.25, 0.3) is 5.57 Å². The first-order chi connectivity index (χ1) is 8.99. The minimum atomic E-state index is -0.440. The summed E-state index contributed by atoms with van der Waals surface area (Å²) in [4.78, 5) is 20.1. The number of halogens is 1. The predicted octanol–water partition coefficient (Wildman–Crippen LogP) is 0.752. The second-order valence-electron chi connectivity index (χ2n) is 4.08. The third-order valence-electron chi connectivity index (χ3n) is 2.86. The Kier molecular flexibility index (Phi) is 2.58. The summed E-state index contributed by atoms with van der Waals surface area (Å²) in [6, 6.07) is 3.49. The molecule has 1 aliphatic heterocycles. The summed E-state index contributed by atoms with van der Waals surface area (Å²) in [6.45, 7) is 1.84. The van der Waals surface area contributed by atoms with Gasteiger partial charge >= 0.3 is 0 Å². The molecule has 1 aromatic carbocycles. The van der Waals surface area contributed by atoms with Crippen LogP contribution in [-0.4, -0.2) is 16.0 Å². The third-order valence-corrected chi connectivity index (χ3v) is 4.07. The first-order valence-electron chi connectivity index (χ1n) is 5.37. The highest BCUT2D eigenvalue weighted by Gasteiger charge is 2.26. The van der Waals surface area contributed by atoms with Crippen LogP contribution < -0.4 is 16.3 Å². The number of anilines is 1. The van der Waals surface area contributed by atoms with Crippen LogP contribution in [0.15, 0.2) is 17.1 Å². The lowest BCUT2D eigenvalue weighted by molar-refractivity contribution is -0.112. The lowest BCUT2D eigenvalue weighted by Gasteiger charge is -1.98. The number of rotatable bonds is 1. The maximum absolute atomic E-state index is 12.1. The van der Waals surface area contributed by atoms with Crippen molar-refractivity contribution >= 4 is 39.5 Å². The Balaban J connectivity index is 2.49. The van der Waals surface area contributed by atoms with Crippen molar-refractivity contribution < 1.29 is 9.90 Å². The average molecular weight is 294 g/mol. The number of hydrogen-bond acceptors (Lipinski definition) is 5. The number of aromatic nitrogens is 1. The number of nitrogens with two attached hydrogens (primary N) is 1. The molecule has 2 heterocycles. The molecule has 0 saturated carbocycles. The molecule has 5 nitrogen and oxygen atoms in total. The molecule has 0 spiro atoms. The number of nitrogens with zero attached hydrogens (tertiary/aromatic N) is 2. The Morgan fingerprint density at radius 1 is 1.42 bits per heavy atom. The van der Waals surface area contributed by atoms with Gasteiger partial charge in [-0.15, -0.1) is 0 Å². The largest absolute Gasteiger partial charge is 0.492 e. The van der Waals surface area contributed by atoms with E-state index in [4.69, 9.17) is 17.3 Å². The molecule has 3 N–H and O–H groups in total. The molecule has 7 heteroatoms. The second-order valence-corrected chi connectivity index (χ2v) is 5.52. The SMILES string of the molecule is Cc1ccc(Cl)c2c1=NC(=O)C=2c1sc(N)nc1O. The van der Waals surface area contributed by atoms with Crippen molar-refractivity contribution in [3.8, 4) is 5.88 Å². The molecule has 1 amide bonds. The molecule has 0 saturated heterocycles. The molecule has 19 heavy (non-hydrogen) atoms. The van der Waals surface area contributed by atoms with Gasteiger partial charge in [0.25, 0.3) is 5.91 Å². The Morgan fingerprint density at radius 2 is 2.16 bits per heavy atom. The quantitative estimate of drug-likeness (QED) is 0.812. The number of aromatic hydroxyl groups is 1. The fraction of sp³-hybridized carbons (Fsp3) is 0.0833. The maximum Gasteiger partial charge on any atom is 0.279 e. The molecule has 0 aliphatic carbocycles. The molecule has 2 aromatic rings. The monoisotopic (exact) mass is 293 g/mol. The molecule has 0 unspecified atom stereocenters. The van der Waals surface area contributed by atoms with Crippen LogP contribution in [0.5, 0.6) is 5.88 Å². The van der Waals surface area contributed by atoms with E-state index in [1.807, 2.05) is 6.92 Å². The topological polar surface area (TPSA) is 88.6 Å². The number of fused-ring (bicyclic) bond motifs is 1. The van der Waals surface area contributed by atoms with E-state index in [0.717, 1.165) is 16.9 Å². The first kappa shape index (κ1) is 12.1. The summed E-state index contributed by atoms with van der Waals surface area (Å²) in [6.07, 6.45) is 0. The van der Waals surface area contributed by atoms with Gasteiger partial charge in [0.1, 0.15) is 4.88 Å². The van der Waals surface area contributed by atoms with Crippen molar-refractivity contribution in [2.75, 3.05) is 5.73 Å². The predicted molar refractivity (Wildman–Crippen MR) is 72.7 cm³/mol. The standard InChI is InChI=1S/C12H8ClN3O2S/c1-4-2-3-5(13)6-7(10(17)15-8(4)6)9-11(18)16-12(14)19-9/h2-3,18H,1H3,(H2,14,16). The summed E-state index contributed by atoms with van der Waals surface area (Å²) in [5.41, 5.74) is 6.65. The van der Waals surface area contributed by atoms with Crippen molar-refractivity contribution in [1.82, 2.24) is 4.98 Å². The van der Waals surface area contributed by atoms with Crippen LogP contribution >= 0.6 is 22.9 Å². The number of amides is 1. The molecule has 0 bridgehead atoms. The average Bonchev–Trinajstić information content (AvgIpc) is 2.84. The van der Waals surface area contributed by atoms with Crippen molar-refractivity contribution in [3.05, 3.63) is 38.2 Å². The Labute approximate surface area is 116 Å². The number of hydrogen-bond donors (Lipinski definition) is 2. The van der Waals surface area contributed by atoms with Gasteiger partial charge in [-0.3, -0.25) is 4.79 Å². The van der Waals surface area contributed by atoms with E-state index in [2.05, 4.69) is 9.98 Å². The number of thiazole rings is 1. The van der Waals surface area contributed by atoms with Gasteiger partial charge in [-0.05, 0) is 18.6 Å². The molecule has 1 aromatic heterocycles. The van der Waals surface area contributed by atoms with Crippen LogP contribution in [0.3, 0.4) is 0 Å². The van der Waals surface area contributed by atoms with Crippen LogP contribution in [0.1, 0.15) is 10.4 Å². The Morgan fingerprint density at radius 3 is 2.79 bits per heavy atom. The van der Waals surface area contributed by atoms with Gasteiger partial charge in [0, 0.05) is 5.22 Å². The zero-order valence-electron chi connectivity index (χ0n) is 9.77. The van der Waals surface area contributed by atoms with E-state index in [-0.39, 0.29) is 16.6 Å². The lowest BCUT2D eigenvalue weighted by atomic mass is 10.1. The lowest BCUT2D eigenvalue weighted by Crippen LogP contribution is -2.27. The summed E-state index contributed by atoms with van der Waals surface area (Å²) in [7, 11) is 0. The van der Waals surface area contributed by atoms with E-state index >= 15 is 0 Å². The van der Waals surface area contributed by atoms with Gasteiger partial charge in [-0.1, -0.05) is 29.0 Å². The van der Waals surface area contributed by atoms with E-state index < -0.39 is 5.91 Å². The van der Waals surface area contributed by atoms with Gasteiger partial charge in [0.05, 0.1) is 16.0 Å². The highest BCUT2D eigenvalue weighted by atomic mass is 35.5. The third kappa shape index (κ3) is 1.72. The van der Waals surface area contributed by atoms with Gasteiger partial charge < -0.3 is 10.8 Å². The fourth-order valence-electron chi connectivity index (χ4n) is 2.02. The first-order valence-corrected chi connectivity index (χ1v) is 6.56. The molecule has 1 aliphatic rings. The molecule has 0 fully saturated rings. The molecule has 96 valence electrons. The molecule has 3 rings (SSSR count). The number of carbonyl (C=O) groups excluding carboxylic acids is 1. The van der Waals surface area contributed by atoms with Gasteiger partial charge in [-0.2, -0.15) is 4.98 Å². The van der Waals surface area contributed by atoms with Crippen LogP contribution in [-0.2, 0) is 4.79 Å². The minimum absolute atomic E-state index is 0.185. The minimum Gasteiger partial charge on any atom is -0.492 e. The van der Waals surface area contributed by atoms with E-state index in [0.29, 0.717) is 20.5 Å². The number of benzene rings is 1. The number of aryl methyl sites for hydroxylation is 1. The fourth-order valence-corrected chi connectivity index (χ4v) is 3.04. The number of nitrogen functional groups attached to an aromatic ring is 1. The zero-order chi connectivity index (χ0) is 13.7. The van der Waals surface area contributed by atoms with E-state index in [1.54, 1.807) is 12.1 Å². The summed E-state index contributed by atoms with van der Waals surface area (Å²) in [5.74, 6) is -0.711. The van der Waals surface area contributed by atoms with Crippen molar-refractivity contribution in [2.45, 2.75) is 6.92 Å². The van der Waals surface area contributed by atoms with Crippen molar-refractivity contribution in [1.29, 1.82) is 0 Å². The zero-order valence-corrected chi connectivity index (χ0v) is 11.3. The second kappa shape index (κ2) is 4.04. The van der Waals surface area contributed by atoms with Gasteiger partial charge in [0.2, 0.25) is 5.88 Å². The highest BCUT2D eigenvalue weighted by molar-refractivity contribution is 7.17. The summed E-state index contributed by atoms with van der Waals surface area (Å²) in [5, 5.41) is 11.4.